The minimum absolute atomic E-state index is 0.0414. The van der Waals surface area contributed by atoms with E-state index in [-0.39, 0.29) is 37.0 Å². The van der Waals surface area contributed by atoms with E-state index in [1.165, 1.54) is 25.7 Å². The van der Waals surface area contributed by atoms with Crippen molar-refractivity contribution in [3.8, 4) is 0 Å². The minimum Gasteiger partial charge on any atom is -0.461 e. The van der Waals surface area contributed by atoms with Crippen molar-refractivity contribution in [2.24, 2.45) is 11.8 Å². The van der Waals surface area contributed by atoms with Crippen molar-refractivity contribution in [1.82, 2.24) is 9.80 Å². The average Bonchev–Trinajstić information content (AvgIpc) is 3.03. The molecular formula is C22H34N2O4. The molecule has 6 atom stereocenters. The number of hydrogen-bond donors (Lipinski definition) is 0. The Hall–Kier alpha value is -1.40. The summed E-state index contributed by atoms with van der Waals surface area (Å²) in [6.45, 7) is 0.521. The second-order valence-electron chi connectivity index (χ2n) is 9.17. The van der Waals surface area contributed by atoms with Gasteiger partial charge in [-0.25, -0.2) is 0 Å². The van der Waals surface area contributed by atoms with Crippen LogP contribution in [0, 0.1) is 11.8 Å². The standard InChI is InChI=1S/C22H34N2O4/c1-23-17-5-6-18(23)12-15(11-17)21(25)27-9-3-4-10-28-22(26)16-13-19-7-8-20(14-16)24(19)2/h3-4,15-20H,5-14H2,1-2H3/b4-3+/t15?,16?,17-,18+,19-,20+. The van der Waals surface area contributed by atoms with Gasteiger partial charge in [0.25, 0.3) is 0 Å². The molecule has 4 rings (SSSR count). The van der Waals surface area contributed by atoms with Crippen LogP contribution in [0.5, 0.6) is 0 Å². The Morgan fingerprint density at radius 2 is 1.04 bits per heavy atom. The van der Waals surface area contributed by atoms with Crippen LogP contribution in [-0.4, -0.2) is 73.2 Å². The first-order valence-corrected chi connectivity index (χ1v) is 10.9. The van der Waals surface area contributed by atoms with Crippen LogP contribution in [0.25, 0.3) is 0 Å². The van der Waals surface area contributed by atoms with E-state index in [1.807, 2.05) is 0 Å². The summed E-state index contributed by atoms with van der Waals surface area (Å²) >= 11 is 0. The lowest BCUT2D eigenvalue weighted by Gasteiger charge is -2.35. The SMILES string of the molecule is CN1[C@@H]2CC[C@H]1CC(C(=O)OC/C=C/COC(=O)C1C[C@H]3CC[C@@H](C1)N3C)C2. The van der Waals surface area contributed by atoms with Crippen molar-refractivity contribution < 1.29 is 19.1 Å². The summed E-state index contributed by atoms with van der Waals surface area (Å²) in [4.78, 5) is 29.5. The summed E-state index contributed by atoms with van der Waals surface area (Å²) in [6, 6.07) is 2.17. The molecule has 4 saturated heterocycles. The second-order valence-corrected chi connectivity index (χ2v) is 9.17. The van der Waals surface area contributed by atoms with E-state index in [2.05, 4.69) is 23.9 Å². The van der Waals surface area contributed by atoms with Crippen molar-refractivity contribution in [3.63, 3.8) is 0 Å². The highest BCUT2D eigenvalue weighted by molar-refractivity contribution is 5.73. The number of fused-ring (bicyclic) bond motifs is 4. The number of hydrogen-bond acceptors (Lipinski definition) is 6. The van der Waals surface area contributed by atoms with Gasteiger partial charge >= 0.3 is 11.9 Å². The molecule has 4 aliphatic rings. The van der Waals surface area contributed by atoms with Crippen molar-refractivity contribution in [3.05, 3.63) is 12.2 Å². The molecule has 0 N–H and O–H groups in total. The van der Waals surface area contributed by atoms with E-state index in [9.17, 15) is 9.59 Å². The Labute approximate surface area is 168 Å². The van der Waals surface area contributed by atoms with Crippen LogP contribution in [0.4, 0.5) is 0 Å². The average molecular weight is 391 g/mol. The van der Waals surface area contributed by atoms with E-state index < -0.39 is 0 Å². The Bertz CT molecular complexity index is 542. The van der Waals surface area contributed by atoms with Gasteiger partial charge < -0.3 is 19.3 Å². The normalized spacial score (nSPS) is 38.1. The molecule has 4 aliphatic heterocycles. The molecule has 0 saturated carbocycles. The molecule has 4 heterocycles. The summed E-state index contributed by atoms with van der Waals surface area (Å²) in [5.41, 5.74) is 0. The molecule has 0 spiro atoms. The summed E-state index contributed by atoms with van der Waals surface area (Å²) in [6.07, 6.45) is 12.1. The first kappa shape index (κ1) is 19.9. The molecule has 0 aromatic heterocycles. The Balaban J connectivity index is 1.12. The first-order valence-electron chi connectivity index (χ1n) is 10.9. The summed E-state index contributed by atoms with van der Waals surface area (Å²) < 4.78 is 10.8. The third kappa shape index (κ3) is 4.13. The number of nitrogens with zero attached hydrogens (tertiary/aromatic N) is 2. The number of piperidine rings is 2. The number of esters is 2. The number of carbonyl (C=O) groups is 2. The van der Waals surface area contributed by atoms with Crippen molar-refractivity contribution in [2.45, 2.75) is 75.5 Å². The third-order valence-corrected chi connectivity index (χ3v) is 7.67. The van der Waals surface area contributed by atoms with Crippen LogP contribution in [0.1, 0.15) is 51.4 Å². The molecule has 6 heteroatoms. The highest BCUT2D eigenvalue weighted by atomic mass is 16.5. The maximum Gasteiger partial charge on any atom is 0.309 e. The highest BCUT2D eigenvalue weighted by Crippen LogP contribution is 2.38. The Kier molecular flexibility index (Phi) is 6.07. The van der Waals surface area contributed by atoms with Crippen LogP contribution in [-0.2, 0) is 19.1 Å². The molecule has 28 heavy (non-hydrogen) atoms. The highest BCUT2D eigenvalue weighted by Gasteiger charge is 2.42. The molecule has 2 unspecified atom stereocenters. The van der Waals surface area contributed by atoms with E-state index in [4.69, 9.17) is 9.47 Å². The molecule has 0 aromatic rings. The third-order valence-electron chi connectivity index (χ3n) is 7.67. The van der Waals surface area contributed by atoms with Gasteiger partial charge in [0.2, 0.25) is 0 Å². The lowest BCUT2D eigenvalue weighted by atomic mass is 9.91. The van der Waals surface area contributed by atoms with E-state index in [0.717, 1.165) is 25.7 Å². The summed E-state index contributed by atoms with van der Waals surface area (Å²) in [5.74, 6) is -0.0682. The number of carbonyl (C=O) groups excluding carboxylic acids is 2. The predicted molar refractivity (Wildman–Crippen MR) is 106 cm³/mol. The quantitative estimate of drug-likeness (QED) is 0.513. The zero-order chi connectivity index (χ0) is 19.7. The number of rotatable bonds is 6. The molecule has 4 bridgehead atoms. The van der Waals surface area contributed by atoms with Crippen LogP contribution in [0.15, 0.2) is 12.2 Å². The van der Waals surface area contributed by atoms with Gasteiger partial charge in [-0.3, -0.25) is 9.59 Å². The molecule has 6 nitrogen and oxygen atoms in total. The van der Waals surface area contributed by atoms with Gasteiger partial charge in [-0.05, 0) is 77.6 Å². The summed E-state index contributed by atoms with van der Waals surface area (Å²) in [5, 5.41) is 0. The van der Waals surface area contributed by atoms with Gasteiger partial charge in [0.1, 0.15) is 13.2 Å². The molecule has 0 radical (unpaired) electrons. The van der Waals surface area contributed by atoms with Gasteiger partial charge in [0.15, 0.2) is 0 Å². The first-order chi connectivity index (χ1) is 13.5. The van der Waals surface area contributed by atoms with Crippen molar-refractivity contribution >= 4 is 11.9 Å². The lowest BCUT2D eigenvalue weighted by molar-refractivity contribution is -0.151. The second kappa shape index (κ2) is 8.54. The van der Waals surface area contributed by atoms with Crippen LogP contribution in [0.2, 0.25) is 0 Å². The fourth-order valence-corrected chi connectivity index (χ4v) is 5.84. The molecule has 4 fully saturated rings. The van der Waals surface area contributed by atoms with Gasteiger partial charge in [-0.2, -0.15) is 0 Å². The molecule has 0 aromatic carbocycles. The topological polar surface area (TPSA) is 59.1 Å². The smallest absolute Gasteiger partial charge is 0.309 e. The predicted octanol–water partition coefficient (Wildman–Crippen LogP) is 2.37. The van der Waals surface area contributed by atoms with Crippen LogP contribution >= 0.6 is 0 Å². The van der Waals surface area contributed by atoms with E-state index in [1.54, 1.807) is 12.2 Å². The zero-order valence-corrected chi connectivity index (χ0v) is 17.2. The summed E-state index contributed by atoms with van der Waals surface area (Å²) in [7, 11) is 4.34. The maximum atomic E-state index is 12.3. The van der Waals surface area contributed by atoms with E-state index in [0.29, 0.717) is 24.2 Å². The fourth-order valence-electron chi connectivity index (χ4n) is 5.84. The van der Waals surface area contributed by atoms with E-state index >= 15 is 0 Å². The Morgan fingerprint density at radius 1 is 0.714 bits per heavy atom. The van der Waals surface area contributed by atoms with Gasteiger partial charge in [0, 0.05) is 24.2 Å². The largest absolute Gasteiger partial charge is 0.461 e. The minimum atomic E-state index is -0.0755. The zero-order valence-electron chi connectivity index (χ0n) is 17.2. The van der Waals surface area contributed by atoms with Crippen LogP contribution in [0.3, 0.4) is 0 Å². The lowest BCUT2D eigenvalue weighted by Crippen LogP contribution is -2.42. The van der Waals surface area contributed by atoms with Crippen molar-refractivity contribution in [1.29, 1.82) is 0 Å². The number of ether oxygens (including phenoxy) is 2. The van der Waals surface area contributed by atoms with Gasteiger partial charge in [-0.1, -0.05) is 0 Å². The van der Waals surface area contributed by atoms with Crippen LogP contribution < -0.4 is 0 Å². The molecule has 0 amide bonds. The van der Waals surface area contributed by atoms with Gasteiger partial charge in [0.05, 0.1) is 11.8 Å². The van der Waals surface area contributed by atoms with Gasteiger partial charge in [-0.15, -0.1) is 0 Å². The Morgan fingerprint density at radius 3 is 1.36 bits per heavy atom. The fraction of sp³-hybridized carbons (Fsp3) is 0.818. The molecule has 156 valence electrons. The van der Waals surface area contributed by atoms with Crippen molar-refractivity contribution in [2.75, 3.05) is 27.3 Å². The maximum absolute atomic E-state index is 12.3. The molecular weight excluding hydrogens is 356 g/mol. The molecule has 0 aliphatic carbocycles. The monoisotopic (exact) mass is 390 g/mol.